The van der Waals surface area contributed by atoms with E-state index in [2.05, 4.69) is 15.9 Å². The van der Waals surface area contributed by atoms with Gasteiger partial charge in [-0.05, 0) is 30.3 Å². The van der Waals surface area contributed by atoms with Crippen LogP contribution in [-0.4, -0.2) is 36.0 Å². The molecule has 0 unspecified atom stereocenters. The number of nitro groups is 1. The van der Waals surface area contributed by atoms with Crippen LogP contribution in [0.2, 0.25) is 0 Å². The molecule has 0 spiro atoms. The maximum absolute atomic E-state index is 10.6. The Labute approximate surface area is 133 Å². The van der Waals surface area contributed by atoms with Crippen molar-refractivity contribution in [3.8, 4) is 6.07 Å². The molecule has 0 amide bonds. The summed E-state index contributed by atoms with van der Waals surface area (Å²) in [5, 5.41) is 19.5. The van der Waals surface area contributed by atoms with Crippen LogP contribution < -0.4 is 4.90 Å². The molecular weight excluding hydrogens is 296 g/mol. The van der Waals surface area contributed by atoms with Crippen LogP contribution in [0, 0.1) is 21.4 Å². The van der Waals surface area contributed by atoms with Gasteiger partial charge in [-0.25, -0.2) is 0 Å². The van der Waals surface area contributed by atoms with Gasteiger partial charge in [0.25, 0.3) is 0 Å². The minimum atomic E-state index is -0.521. The van der Waals surface area contributed by atoms with Crippen molar-refractivity contribution in [2.45, 2.75) is 6.54 Å². The van der Waals surface area contributed by atoms with Gasteiger partial charge in [0.2, 0.25) is 0 Å². The molecule has 0 atom stereocenters. The number of anilines is 1. The molecule has 1 aromatic carbocycles. The Morgan fingerprint density at radius 2 is 1.83 bits per heavy atom. The van der Waals surface area contributed by atoms with Gasteiger partial charge in [0.1, 0.15) is 10.7 Å². The number of hydrogen-bond acceptors (Lipinski definition) is 6. The largest absolute Gasteiger partial charge is 0.433 e. The number of benzene rings is 1. The molecule has 1 fully saturated rings. The first-order valence-corrected chi connectivity index (χ1v) is 7.36. The third-order valence-corrected chi connectivity index (χ3v) is 3.94. The molecule has 7 nitrogen and oxygen atoms in total. The van der Waals surface area contributed by atoms with E-state index in [9.17, 15) is 10.1 Å². The minimum Gasteiger partial charge on any atom is -0.404 e. The molecular formula is C16H16N4O3. The van der Waals surface area contributed by atoms with Gasteiger partial charge in [0.15, 0.2) is 0 Å². The molecule has 0 radical (unpaired) electrons. The predicted octanol–water partition coefficient (Wildman–Crippen LogP) is 2.38. The number of piperazine rings is 1. The van der Waals surface area contributed by atoms with Gasteiger partial charge < -0.3 is 9.32 Å². The van der Waals surface area contributed by atoms with Gasteiger partial charge in [-0.3, -0.25) is 15.0 Å². The van der Waals surface area contributed by atoms with Crippen LogP contribution in [-0.2, 0) is 6.54 Å². The van der Waals surface area contributed by atoms with E-state index in [0.29, 0.717) is 17.9 Å². The fourth-order valence-electron chi connectivity index (χ4n) is 2.68. The van der Waals surface area contributed by atoms with Crippen LogP contribution in [0.4, 0.5) is 11.6 Å². The first kappa shape index (κ1) is 15.1. The van der Waals surface area contributed by atoms with Crippen molar-refractivity contribution in [2.24, 2.45) is 0 Å². The van der Waals surface area contributed by atoms with Crippen LogP contribution >= 0.6 is 0 Å². The van der Waals surface area contributed by atoms with Crippen molar-refractivity contribution >= 4 is 11.6 Å². The average Bonchev–Trinajstić information content (AvgIpc) is 3.04. The van der Waals surface area contributed by atoms with Gasteiger partial charge in [-0.15, -0.1) is 0 Å². The third kappa shape index (κ3) is 3.49. The molecule has 0 aliphatic carbocycles. The summed E-state index contributed by atoms with van der Waals surface area (Å²) in [5.74, 6) is 0.403. The lowest BCUT2D eigenvalue weighted by atomic mass is 10.2. The van der Waals surface area contributed by atoms with E-state index in [1.165, 1.54) is 6.07 Å². The number of rotatable bonds is 4. The number of nitrogens with zero attached hydrogens (tertiary/aromatic N) is 4. The van der Waals surface area contributed by atoms with Gasteiger partial charge in [0, 0.05) is 31.9 Å². The molecule has 23 heavy (non-hydrogen) atoms. The van der Waals surface area contributed by atoms with E-state index < -0.39 is 4.92 Å². The van der Waals surface area contributed by atoms with E-state index in [1.807, 2.05) is 24.3 Å². The second-order valence-corrected chi connectivity index (χ2v) is 5.42. The fraction of sp³-hybridized carbons (Fsp3) is 0.312. The Hall–Kier alpha value is -2.85. The molecule has 0 bridgehead atoms. The number of hydrogen-bond donors (Lipinski definition) is 0. The Morgan fingerprint density at radius 1 is 1.13 bits per heavy atom. The summed E-state index contributed by atoms with van der Waals surface area (Å²) in [6, 6.07) is 12.7. The van der Waals surface area contributed by atoms with Crippen molar-refractivity contribution in [1.82, 2.24) is 4.90 Å². The lowest BCUT2D eigenvalue weighted by molar-refractivity contribution is -0.402. The van der Waals surface area contributed by atoms with E-state index >= 15 is 0 Å². The molecule has 1 aliphatic heterocycles. The van der Waals surface area contributed by atoms with Gasteiger partial charge in [-0.2, -0.15) is 5.26 Å². The van der Waals surface area contributed by atoms with E-state index in [0.717, 1.165) is 31.9 Å². The van der Waals surface area contributed by atoms with Crippen molar-refractivity contribution in [3.63, 3.8) is 0 Å². The molecule has 7 heteroatoms. The summed E-state index contributed by atoms with van der Waals surface area (Å²) in [4.78, 5) is 14.6. The Morgan fingerprint density at radius 3 is 2.39 bits per heavy atom. The summed E-state index contributed by atoms with van der Waals surface area (Å²) in [5.41, 5.74) is 1.77. The Balaban J connectivity index is 1.55. The summed E-state index contributed by atoms with van der Waals surface area (Å²) < 4.78 is 5.20. The second kappa shape index (κ2) is 6.50. The SMILES string of the molecule is N#Cc1ccc(N2CCN(Cc3ccc([N+](=O)[O-])o3)CC2)cc1. The van der Waals surface area contributed by atoms with Crippen LogP contribution in [0.3, 0.4) is 0 Å². The van der Waals surface area contributed by atoms with E-state index in [1.54, 1.807) is 6.07 Å². The molecule has 3 rings (SSSR count). The zero-order valence-corrected chi connectivity index (χ0v) is 12.5. The smallest absolute Gasteiger partial charge is 0.404 e. The quantitative estimate of drug-likeness (QED) is 0.636. The molecule has 118 valence electrons. The number of furan rings is 1. The Kier molecular flexibility index (Phi) is 4.26. The highest BCUT2D eigenvalue weighted by Crippen LogP contribution is 2.20. The summed E-state index contributed by atoms with van der Waals surface area (Å²) >= 11 is 0. The highest BCUT2D eigenvalue weighted by molar-refractivity contribution is 5.50. The third-order valence-electron chi connectivity index (χ3n) is 3.94. The molecule has 1 saturated heterocycles. The van der Waals surface area contributed by atoms with Crippen LogP contribution in [0.1, 0.15) is 11.3 Å². The average molecular weight is 312 g/mol. The maximum Gasteiger partial charge on any atom is 0.433 e. The minimum absolute atomic E-state index is 0.212. The topological polar surface area (TPSA) is 86.5 Å². The molecule has 0 saturated carbocycles. The monoisotopic (exact) mass is 312 g/mol. The second-order valence-electron chi connectivity index (χ2n) is 5.42. The van der Waals surface area contributed by atoms with Crippen molar-refractivity contribution in [2.75, 3.05) is 31.1 Å². The Bertz CT molecular complexity index is 725. The first-order chi connectivity index (χ1) is 11.2. The van der Waals surface area contributed by atoms with Gasteiger partial charge >= 0.3 is 5.88 Å². The fourth-order valence-corrected chi connectivity index (χ4v) is 2.68. The summed E-state index contributed by atoms with van der Waals surface area (Å²) in [6.45, 7) is 4.03. The lowest BCUT2D eigenvalue weighted by Crippen LogP contribution is -2.45. The highest BCUT2D eigenvalue weighted by atomic mass is 16.6. The van der Waals surface area contributed by atoms with Crippen LogP contribution in [0.25, 0.3) is 0 Å². The van der Waals surface area contributed by atoms with E-state index in [4.69, 9.17) is 9.68 Å². The molecule has 1 aliphatic rings. The normalized spacial score (nSPS) is 15.3. The first-order valence-electron chi connectivity index (χ1n) is 7.36. The molecule has 0 N–H and O–H groups in total. The molecule has 2 heterocycles. The van der Waals surface area contributed by atoms with Crippen LogP contribution in [0.5, 0.6) is 0 Å². The zero-order valence-electron chi connectivity index (χ0n) is 12.5. The number of nitriles is 1. The summed E-state index contributed by atoms with van der Waals surface area (Å²) in [6.07, 6.45) is 0. The van der Waals surface area contributed by atoms with E-state index in [-0.39, 0.29) is 5.88 Å². The van der Waals surface area contributed by atoms with Crippen molar-refractivity contribution in [3.05, 3.63) is 57.8 Å². The molecule has 2 aromatic rings. The van der Waals surface area contributed by atoms with Crippen molar-refractivity contribution < 1.29 is 9.34 Å². The predicted molar refractivity (Wildman–Crippen MR) is 84.0 cm³/mol. The van der Waals surface area contributed by atoms with Crippen molar-refractivity contribution in [1.29, 1.82) is 5.26 Å². The standard InChI is InChI=1S/C16H16N4O3/c17-11-13-1-3-14(4-2-13)19-9-7-18(8-10-19)12-15-5-6-16(23-15)20(21)22/h1-6H,7-10,12H2. The van der Waals surface area contributed by atoms with Gasteiger partial charge in [0.05, 0.1) is 24.2 Å². The summed E-state index contributed by atoms with van der Waals surface area (Å²) in [7, 11) is 0. The maximum atomic E-state index is 10.6. The highest BCUT2D eigenvalue weighted by Gasteiger charge is 2.19. The molecule has 1 aromatic heterocycles. The van der Waals surface area contributed by atoms with Crippen LogP contribution in [0.15, 0.2) is 40.8 Å². The lowest BCUT2D eigenvalue weighted by Gasteiger charge is -2.35. The zero-order chi connectivity index (χ0) is 16.2. The van der Waals surface area contributed by atoms with Gasteiger partial charge in [-0.1, -0.05) is 0 Å².